The molecule has 1 aromatic heterocycles. The van der Waals surface area contributed by atoms with Crippen molar-refractivity contribution in [2.75, 3.05) is 19.6 Å². The Labute approximate surface area is 125 Å². The van der Waals surface area contributed by atoms with Crippen LogP contribution in [0.15, 0.2) is 12.3 Å². The molecule has 4 aliphatic heterocycles. The molecule has 3 saturated heterocycles. The molecule has 4 heteroatoms. The molecule has 0 aromatic carbocycles. The second-order valence-corrected chi connectivity index (χ2v) is 22.3. The first-order valence-corrected chi connectivity index (χ1v) is 17.9. The Bertz CT molecular complexity index is 546. The van der Waals surface area contributed by atoms with Gasteiger partial charge >= 0.3 is 126 Å². The van der Waals surface area contributed by atoms with E-state index in [0.29, 0.717) is 0 Å². The monoisotopic (exact) mass is 380 g/mol. The maximum absolute atomic E-state index is 6.41. The second kappa shape index (κ2) is 4.35. The van der Waals surface area contributed by atoms with Gasteiger partial charge in [0.1, 0.15) is 0 Å². The summed E-state index contributed by atoms with van der Waals surface area (Å²) in [6, 6.07) is 2.42. The van der Waals surface area contributed by atoms with Crippen LogP contribution >= 0.6 is 0 Å². The molecule has 0 amide bonds. The zero-order valence-corrected chi connectivity index (χ0v) is 15.6. The van der Waals surface area contributed by atoms with Crippen LogP contribution in [0.5, 0.6) is 5.88 Å². The van der Waals surface area contributed by atoms with Gasteiger partial charge in [0, 0.05) is 0 Å². The minimum atomic E-state index is -2.02. The van der Waals surface area contributed by atoms with Crippen molar-refractivity contribution in [3.05, 3.63) is 17.8 Å². The topological polar surface area (TPSA) is 25.4 Å². The molecule has 2 bridgehead atoms. The average molecular weight is 379 g/mol. The molecule has 1 unspecified atom stereocenters. The van der Waals surface area contributed by atoms with Crippen LogP contribution in [0.25, 0.3) is 0 Å². The third-order valence-corrected chi connectivity index (χ3v) is 11.1. The Morgan fingerprint density at radius 1 is 1.30 bits per heavy atom. The number of hydrogen-bond donors (Lipinski definition) is 0. The van der Waals surface area contributed by atoms with Gasteiger partial charge in [0.15, 0.2) is 0 Å². The minimum absolute atomic E-state index is 0.0534. The van der Waals surface area contributed by atoms with Gasteiger partial charge in [-0.2, -0.15) is 0 Å². The number of aromatic nitrogens is 1. The zero-order valence-electron chi connectivity index (χ0n) is 12.8. The van der Waals surface area contributed by atoms with Gasteiger partial charge in [-0.05, 0) is 0 Å². The average Bonchev–Trinajstić information content (AvgIpc) is 2.75. The van der Waals surface area contributed by atoms with Gasteiger partial charge in [-0.3, -0.25) is 0 Å². The van der Waals surface area contributed by atoms with Crippen molar-refractivity contribution in [1.29, 1.82) is 0 Å². The van der Waals surface area contributed by atoms with E-state index in [2.05, 4.69) is 37.0 Å². The van der Waals surface area contributed by atoms with Crippen LogP contribution in [0.2, 0.25) is 14.8 Å². The quantitative estimate of drug-likeness (QED) is 0.699. The number of pyridine rings is 1. The van der Waals surface area contributed by atoms with E-state index < -0.39 is 18.4 Å². The fourth-order valence-electron chi connectivity index (χ4n) is 4.12. The van der Waals surface area contributed by atoms with Gasteiger partial charge in [0.05, 0.1) is 0 Å². The molecule has 1 spiro atoms. The molecular weight excluding hydrogens is 355 g/mol. The molecule has 0 N–H and O–H groups in total. The van der Waals surface area contributed by atoms with Gasteiger partial charge in [-0.25, -0.2) is 0 Å². The van der Waals surface area contributed by atoms with Crippen molar-refractivity contribution in [2.45, 2.75) is 39.7 Å². The van der Waals surface area contributed by atoms with E-state index in [-0.39, 0.29) is 5.60 Å². The predicted molar refractivity (Wildman–Crippen MR) is 83.4 cm³/mol. The summed E-state index contributed by atoms with van der Waals surface area (Å²) in [5.41, 5.74) is 1.43. The number of ether oxygens (including phenoxy) is 1. The predicted octanol–water partition coefficient (Wildman–Crippen LogP) is 2.03. The first-order chi connectivity index (χ1) is 9.46. The number of nitrogens with zero attached hydrogens (tertiary/aromatic N) is 2. The van der Waals surface area contributed by atoms with Crippen LogP contribution in [0.4, 0.5) is 0 Å². The van der Waals surface area contributed by atoms with E-state index in [4.69, 9.17) is 4.74 Å². The standard InChI is InChI=1S/C13H15N2O.3CH3.Sn/c1-2-10-8-13(16-12(10)14-5-1)9-15-6-3-11(13)4-7-15;;;;/h2,5,11H,3-4,6-9H2;3*1H3;. The van der Waals surface area contributed by atoms with E-state index in [1.807, 2.05) is 0 Å². The van der Waals surface area contributed by atoms with Crippen molar-refractivity contribution in [3.8, 4) is 5.88 Å². The molecular formula is C16H24N2OSn. The molecule has 1 aromatic rings. The van der Waals surface area contributed by atoms with E-state index >= 15 is 0 Å². The van der Waals surface area contributed by atoms with Crippen LogP contribution in [-0.2, 0) is 6.42 Å². The van der Waals surface area contributed by atoms with Crippen molar-refractivity contribution in [2.24, 2.45) is 5.92 Å². The fraction of sp³-hybridized carbons (Fsp3) is 0.688. The molecule has 0 saturated carbocycles. The van der Waals surface area contributed by atoms with Crippen LogP contribution in [0.3, 0.4) is 0 Å². The number of rotatable bonds is 1. The molecule has 20 heavy (non-hydrogen) atoms. The molecule has 1 atom stereocenters. The van der Waals surface area contributed by atoms with Crippen molar-refractivity contribution < 1.29 is 4.74 Å². The molecule has 3 nitrogen and oxygen atoms in total. The van der Waals surface area contributed by atoms with Crippen molar-refractivity contribution in [1.82, 2.24) is 9.88 Å². The van der Waals surface area contributed by atoms with Crippen molar-refractivity contribution >= 4 is 22.0 Å². The summed E-state index contributed by atoms with van der Waals surface area (Å²) in [5, 5.41) is 0. The Hall–Kier alpha value is -0.291. The molecule has 3 fully saturated rings. The molecule has 108 valence electrons. The van der Waals surface area contributed by atoms with E-state index in [1.54, 1.807) is 0 Å². The third-order valence-electron chi connectivity index (χ3n) is 5.40. The first kappa shape index (κ1) is 13.4. The van der Waals surface area contributed by atoms with Crippen LogP contribution < -0.4 is 8.32 Å². The summed E-state index contributed by atoms with van der Waals surface area (Å²) in [4.78, 5) is 14.6. The summed E-state index contributed by atoms with van der Waals surface area (Å²) in [7, 11) is 0. The number of hydrogen-bond acceptors (Lipinski definition) is 3. The Balaban J connectivity index is 1.67. The molecule has 0 aliphatic carbocycles. The zero-order chi connectivity index (χ0) is 14.0. The summed E-state index contributed by atoms with van der Waals surface area (Å²) in [6.45, 7) is 3.65. The fourth-order valence-corrected chi connectivity index (χ4v) is 7.14. The normalized spacial score (nSPS) is 35.1. The summed E-state index contributed by atoms with van der Waals surface area (Å²) in [6.07, 6.45) is 5.79. The summed E-state index contributed by atoms with van der Waals surface area (Å²) >= 11 is -2.02. The Kier molecular flexibility index (Phi) is 2.91. The first-order valence-electron chi connectivity index (χ1n) is 7.87. The van der Waals surface area contributed by atoms with Gasteiger partial charge in [-0.1, -0.05) is 0 Å². The van der Waals surface area contributed by atoms with Crippen LogP contribution in [-0.4, -0.2) is 53.5 Å². The number of piperidine rings is 3. The van der Waals surface area contributed by atoms with E-state index in [1.165, 1.54) is 35.1 Å². The molecule has 5 heterocycles. The maximum atomic E-state index is 6.41. The van der Waals surface area contributed by atoms with Gasteiger partial charge in [0.2, 0.25) is 0 Å². The summed E-state index contributed by atoms with van der Waals surface area (Å²) in [5.74, 6) is 1.67. The number of fused-ring (bicyclic) bond motifs is 3. The van der Waals surface area contributed by atoms with Gasteiger partial charge in [-0.15, -0.1) is 0 Å². The third kappa shape index (κ3) is 2.00. The van der Waals surface area contributed by atoms with Gasteiger partial charge < -0.3 is 0 Å². The molecule has 0 radical (unpaired) electrons. The Morgan fingerprint density at radius 2 is 2.05 bits per heavy atom. The molecule has 4 aliphatic rings. The molecule has 5 rings (SSSR count). The van der Waals surface area contributed by atoms with Crippen molar-refractivity contribution in [3.63, 3.8) is 0 Å². The van der Waals surface area contributed by atoms with E-state index in [9.17, 15) is 0 Å². The van der Waals surface area contributed by atoms with Crippen LogP contribution in [0.1, 0.15) is 18.4 Å². The van der Waals surface area contributed by atoms with E-state index in [0.717, 1.165) is 24.8 Å². The SMILES string of the molecule is [CH3][Sn]([CH3])([CH3])[c]1cnc2c(c1)CC1(CN3CCC1CC3)O2. The van der Waals surface area contributed by atoms with Gasteiger partial charge in [0.25, 0.3) is 0 Å². The van der Waals surface area contributed by atoms with Crippen LogP contribution in [0, 0.1) is 5.92 Å². The second-order valence-electron chi connectivity index (χ2n) is 7.83. The Morgan fingerprint density at radius 3 is 2.65 bits per heavy atom. The summed E-state index contributed by atoms with van der Waals surface area (Å²) < 4.78 is 7.94.